The van der Waals surface area contributed by atoms with Gasteiger partial charge in [-0.1, -0.05) is 12.7 Å². The lowest BCUT2D eigenvalue weighted by atomic mass is 10.1. The fraction of sp³-hybridized carbons (Fsp3) is 0.400. The summed E-state index contributed by atoms with van der Waals surface area (Å²) in [6.45, 7) is 4.38. The normalized spacial score (nSPS) is 13.8. The molecule has 1 aromatic rings. The van der Waals surface area contributed by atoms with E-state index in [0.29, 0.717) is 9.61 Å². The lowest BCUT2D eigenvalue weighted by Gasteiger charge is -2.11. The Morgan fingerprint density at radius 1 is 1.52 bits per heavy atom. The SMILES string of the molecule is C=CCOC(=O)Nc1c(F)cc(CCNC2CC2)cc1I. The van der Waals surface area contributed by atoms with Gasteiger partial charge >= 0.3 is 6.09 Å². The Hall–Kier alpha value is -1.15. The first-order valence-electron chi connectivity index (χ1n) is 6.86. The van der Waals surface area contributed by atoms with Crippen LogP contribution in [-0.2, 0) is 11.2 Å². The molecule has 1 aliphatic carbocycles. The molecule has 2 N–H and O–H groups in total. The van der Waals surface area contributed by atoms with Gasteiger partial charge in [0.05, 0.1) is 5.69 Å². The number of carbonyl (C=O) groups excluding carboxylic acids is 1. The first-order chi connectivity index (χ1) is 10.1. The molecule has 1 aromatic carbocycles. The maximum absolute atomic E-state index is 14.1. The molecule has 0 aromatic heterocycles. The van der Waals surface area contributed by atoms with Crippen molar-refractivity contribution in [1.29, 1.82) is 0 Å². The number of amides is 1. The average molecular weight is 404 g/mol. The fourth-order valence-electron chi connectivity index (χ4n) is 1.87. The van der Waals surface area contributed by atoms with Crippen molar-refractivity contribution in [3.8, 4) is 0 Å². The van der Waals surface area contributed by atoms with Crippen LogP contribution < -0.4 is 10.6 Å². The van der Waals surface area contributed by atoms with Crippen molar-refractivity contribution < 1.29 is 13.9 Å². The van der Waals surface area contributed by atoms with E-state index >= 15 is 0 Å². The number of rotatable bonds is 7. The highest BCUT2D eigenvalue weighted by Crippen LogP contribution is 2.25. The molecule has 0 heterocycles. The fourth-order valence-corrected chi connectivity index (χ4v) is 2.66. The van der Waals surface area contributed by atoms with Crippen molar-refractivity contribution in [2.45, 2.75) is 25.3 Å². The van der Waals surface area contributed by atoms with Crippen LogP contribution in [0, 0.1) is 9.39 Å². The second-order valence-electron chi connectivity index (χ2n) is 4.93. The molecule has 2 rings (SSSR count). The first kappa shape index (κ1) is 16.2. The number of benzene rings is 1. The number of halogens is 2. The summed E-state index contributed by atoms with van der Waals surface area (Å²) in [6, 6.07) is 3.98. The topological polar surface area (TPSA) is 50.4 Å². The van der Waals surface area contributed by atoms with E-state index in [4.69, 9.17) is 4.74 Å². The summed E-state index contributed by atoms with van der Waals surface area (Å²) in [5, 5.41) is 5.81. The first-order valence-corrected chi connectivity index (χ1v) is 7.94. The predicted octanol–water partition coefficient (Wildman–Crippen LogP) is 3.46. The monoisotopic (exact) mass is 404 g/mol. The van der Waals surface area contributed by atoms with Crippen molar-refractivity contribution in [3.05, 3.63) is 39.7 Å². The molecule has 1 fully saturated rings. The van der Waals surface area contributed by atoms with Crippen LogP contribution in [0.25, 0.3) is 0 Å². The third kappa shape index (κ3) is 5.28. The summed E-state index contributed by atoms with van der Waals surface area (Å²) < 4.78 is 19.5. The lowest BCUT2D eigenvalue weighted by Crippen LogP contribution is -2.19. The van der Waals surface area contributed by atoms with Gasteiger partial charge in [-0.15, -0.1) is 0 Å². The smallest absolute Gasteiger partial charge is 0.412 e. The van der Waals surface area contributed by atoms with Crippen molar-refractivity contribution in [3.63, 3.8) is 0 Å². The molecule has 6 heteroatoms. The van der Waals surface area contributed by atoms with Crippen LogP contribution in [0.3, 0.4) is 0 Å². The van der Waals surface area contributed by atoms with Crippen LogP contribution in [0.5, 0.6) is 0 Å². The zero-order valence-corrected chi connectivity index (χ0v) is 13.8. The minimum Gasteiger partial charge on any atom is -0.445 e. The molecule has 0 unspecified atom stereocenters. The van der Waals surface area contributed by atoms with Gasteiger partial charge in [0.15, 0.2) is 0 Å². The Kier molecular flexibility index (Phi) is 5.98. The standard InChI is InChI=1S/C15H18FIN2O2/c1-2-7-21-15(20)19-14-12(16)8-10(9-13(14)17)5-6-18-11-3-4-11/h2,8-9,11,18H,1,3-7H2,(H,19,20). The van der Waals surface area contributed by atoms with Gasteiger partial charge in [0.25, 0.3) is 0 Å². The van der Waals surface area contributed by atoms with Gasteiger partial charge in [-0.3, -0.25) is 5.32 Å². The quantitative estimate of drug-likeness (QED) is 0.541. The Labute approximate surface area is 137 Å². The van der Waals surface area contributed by atoms with E-state index < -0.39 is 11.9 Å². The van der Waals surface area contributed by atoms with Crippen molar-refractivity contribution >= 4 is 34.4 Å². The highest BCUT2D eigenvalue weighted by molar-refractivity contribution is 14.1. The van der Waals surface area contributed by atoms with Gasteiger partial charge in [0.1, 0.15) is 12.4 Å². The molecule has 0 spiro atoms. The van der Waals surface area contributed by atoms with E-state index in [9.17, 15) is 9.18 Å². The summed E-state index contributed by atoms with van der Waals surface area (Å²) in [5.74, 6) is -0.445. The van der Waals surface area contributed by atoms with Crippen molar-refractivity contribution in [2.75, 3.05) is 18.5 Å². The number of nitrogens with one attached hydrogen (secondary N) is 2. The predicted molar refractivity (Wildman–Crippen MR) is 89.0 cm³/mol. The Morgan fingerprint density at radius 2 is 2.29 bits per heavy atom. The molecular formula is C15H18FIN2O2. The molecule has 21 heavy (non-hydrogen) atoms. The van der Waals surface area contributed by atoms with E-state index in [1.54, 1.807) is 0 Å². The second-order valence-corrected chi connectivity index (χ2v) is 6.09. The van der Waals surface area contributed by atoms with Gasteiger partial charge in [-0.25, -0.2) is 9.18 Å². The van der Waals surface area contributed by atoms with Crippen molar-refractivity contribution in [2.24, 2.45) is 0 Å². The summed E-state index contributed by atoms with van der Waals surface area (Å²) in [7, 11) is 0. The van der Waals surface area contributed by atoms with Gasteiger partial charge in [0.2, 0.25) is 0 Å². The van der Waals surface area contributed by atoms with Crippen LogP contribution in [-0.4, -0.2) is 25.3 Å². The van der Waals surface area contributed by atoms with Gasteiger partial charge in [-0.05, 0) is 66.1 Å². The van der Waals surface area contributed by atoms with Gasteiger partial charge < -0.3 is 10.1 Å². The number of carbonyl (C=O) groups is 1. The van der Waals surface area contributed by atoms with Gasteiger partial charge in [-0.2, -0.15) is 0 Å². The van der Waals surface area contributed by atoms with Crippen molar-refractivity contribution in [1.82, 2.24) is 5.32 Å². The van der Waals surface area contributed by atoms with Crippen LogP contribution >= 0.6 is 22.6 Å². The second kappa shape index (κ2) is 7.74. The maximum atomic E-state index is 14.1. The molecule has 0 radical (unpaired) electrons. The Morgan fingerprint density at radius 3 is 2.90 bits per heavy atom. The molecule has 1 saturated carbocycles. The third-order valence-corrected chi connectivity index (χ3v) is 3.94. The van der Waals surface area contributed by atoms with Crippen LogP contribution in [0.15, 0.2) is 24.8 Å². The minimum atomic E-state index is -0.685. The molecule has 0 bridgehead atoms. The van der Waals surface area contributed by atoms with Gasteiger partial charge in [0, 0.05) is 9.61 Å². The molecular weight excluding hydrogens is 386 g/mol. The van der Waals surface area contributed by atoms with Crippen LogP contribution in [0.2, 0.25) is 0 Å². The molecule has 4 nitrogen and oxygen atoms in total. The number of ether oxygens (including phenoxy) is 1. The summed E-state index contributed by atoms with van der Waals surface area (Å²) in [4.78, 5) is 11.5. The van der Waals surface area contributed by atoms with E-state index in [2.05, 4.69) is 17.2 Å². The van der Waals surface area contributed by atoms with Crippen LogP contribution in [0.1, 0.15) is 18.4 Å². The summed E-state index contributed by atoms with van der Waals surface area (Å²) in [5.41, 5.74) is 1.07. The highest BCUT2D eigenvalue weighted by Gasteiger charge is 2.20. The van der Waals surface area contributed by atoms with E-state index in [-0.39, 0.29) is 12.3 Å². The average Bonchev–Trinajstić information content (AvgIpc) is 3.25. The zero-order chi connectivity index (χ0) is 15.2. The summed E-state index contributed by atoms with van der Waals surface area (Å²) in [6.07, 6.45) is 4.01. The van der Waals surface area contributed by atoms with E-state index in [1.807, 2.05) is 28.7 Å². The molecule has 0 atom stereocenters. The van der Waals surface area contributed by atoms with Crippen LogP contribution in [0.4, 0.5) is 14.9 Å². The minimum absolute atomic E-state index is 0.0922. The largest absolute Gasteiger partial charge is 0.445 e. The Bertz CT molecular complexity index is 509. The molecule has 114 valence electrons. The zero-order valence-electron chi connectivity index (χ0n) is 11.6. The summed E-state index contributed by atoms with van der Waals surface area (Å²) >= 11 is 2.01. The molecule has 0 saturated heterocycles. The lowest BCUT2D eigenvalue weighted by molar-refractivity contribution is 0.174. The van der Waals surface area contributed by atoms with E-state index in [0.717, 1.165) is 18.5 Å². The highest BCUT2D eigenvalue weighted by atomic mass is 127. The number of hydrogen-bond donors (Lipinski definition) is 2. The Balaban J connectivity index is 1.94. The van der Waals surface area contributed by atoms with E-state index in [1.165, 1.54) is 25.0 Å². The molecule has 1 aliphatic rings. The number of anilines is 1. The maximum Gasteiger partial charge on any atom is 0.412 e. The molecule has 1 amide bonds. The third-order valence-electron chi connectivity index (χ3n) is 3.09. The number of hydrogen-bond acceptors (Lipinski definition) is 3. The molecule has 0 aliphatic heterocycles.